The van der Waals surface area contributed by atoms with Crippen molar-refractivity contribution < 1.29 is 4.52 Å². The number of aryl methyl sites for hydroxylation is 1. The maximum atomic E-state index is 5.23. The highest BCUT2D eigenvalue weighted by molar-refractivity contribution is 7.17. The fourth-order valence-electron chi connectivity index (χ4n) is 3.24. The maximum Gasteiger partial charge on any atom is 0.146 e. The maximum absolute atomic E-state index is 5.23. The minimum atomic E-state index is 0.620. The second kappa shape index (κ2) is 7.69. The van der Waals surface area contributed by atoms with E-state index in [-0.39, 0.29) is 0 Å². The predicted octanol–water partition coefficient (Wildman–Crippen LogP) is 4.35. The molecular weight excluding hydrogens is 370 g/mol. The third-order valence-corrected chi connectivity index (χ3v) is 5.31. The third kappa shape index (κ3) is 3.76. The second-order valence-corrected chi connectivity index (χ2v) is 8.04. The van der Waals surface area contributed by atoms with Crippen LogP contribution >= 0.6 is 11.3 Å². The van der Waals surface area contributed by atoms with Crippen molar-refractivity contribution in [1.82, 2.24) is 20.0 Å². The molecule has 0 radical (unpaired) electrons. The third-order valence-electron chi connectivity index (χ3n) is 4.44. The van der Waals surface area contributed by atoms with Crippen molar-refractivity contribution in [2.75, 3.05) is 26.0 Å². The van der Waals surface area contributed by atoms with Gasteiger partial charge in [0, 0.05) is 24.1 Å². The molecule has 0 saturated heterocycles. The van der Waals surface area contributed by atoms with Crippen molar-refractivity contribution in [3.63, 3.8) is 0 Å². The molecule has 0 aliphatic rings. The van der Waals surface area contributed by atoms with E-state index >= 15 is 0 Å². The molecule has 4 rings (SSSR count). The summed E-state index contributed by atoms with van der Waals surface area (Å²) in [6, 6.07) is 12.4. The summed E-state index contributed by atoms with van der Waals surface area (Å²) in [4.78, 5) is 15.0. The van der Waals surface area contributed by atoms with E-state index < -0.39 is 0 Å². The molecule has 0 spiro atoms. The topological polar surface area (TPSA) is 58.3 Å². The molecule has 0 saturated carbocycles. The van der Waals surface area contributed by atoms with E-state index in [1.807, 2.05) is 40.2 Å². The molecule has 1 aromatic carbocycles. The Morgan fingerprint density at radius 1 is 1.04 bits per heavy atom. The van der Waals surface area contributed by atoms with Crippen LogP contribution in [0.15, 0.2) is 46.3 Å². The number of fused-ring (bicyclic) bond motifs is 1. The van der Waals surface area contributed by atoms with E-state index in [0.29, 0.717) is 13.1 Å². The minimum Gasteiger partial charge on any atom is -0.361 e. The molecule has 0 amide bonds. The first kappa shape index (κ1) is 18.6. The summed E-state index contributed by atoms with van der Waals surface area (Å²) in [6.45, 7) is 3.22. The van der Waals surface area contributed by atoms with Crippen LogP contribution in [0, 0.1) is 6.92 Å². The summed E-state index contributed by atoms with van der Waals surface area (Å²) in [6.07, 6.45) is 0. The molecule has 3 heterocycles. The first-order valence-electron chi connectivity index (χ1n) is 9.13. The van der Waals surface area contributed by atoms with E-state index in [1.165, 1.54) is 5.56 Å². The van der Waals surface area contributed by atoms with Gasteiger partial charge in [-0.1, -0.05) is 35.5 Å². The lowest BCUT2D eigenvalue weighted by Gasteiger charge is -2.20. The number of benzene rings is 1. The van der Waals surface area contributed by atoms with Crippen LogP contribution in [0.4, 0.5) is 5.82 Å². The molecule has 0 N–H and O–H groups in total. The Balaban J connectivity index is 1.83. The minimum absolute atomic E-state index is 0.620. The van der Waals surface area contributed by atoms with Gasteiger partial charge in [0.05, 0.1) is 18.5 Å². The highest BCUT2D eigenvalue weighted by Gasteiger charge is 2.19. The van der Waals surface area contributed by atoms with Gasteiger partial charge < -0.3 is 14.3 Å². The second-order valence-electron chi connectivity index (χ2n) is 7.18. The number of anilines is 1. The fraction of sp³-hybridized carbons (Fsp3) is 0.286. The Kier molecular flexibility index (Phi) is 5.11. The predicted molar refractivity (Wildman–Crippen MR) is 114 cm³/mol. The molecule has 0 atom stereocenters. The van der Waals surface area contributed by atoms with Crippen LogP contribution in [0.2, 0.25) is 0 Å². The molecule has 0 unspecified atom stereocenters. The van der Waals surface area contributed by atoms with Crippen molar-refractivity contribution in [3.05, 3.63) is 59.1 Å². The first-order valence-corrected chi connectivity index (χ1v) is 10.0. The Hall–Kier alpha value is -2.77. The van der Waals surface area contributed by atoms with Gasteiger partial charge in [-0.15, -0.1) is 11.3 Å². The zero-order chi connectivity index (χ0) is 19.7. The van der Waals surface area contributed by atoms with E-state index in [2.05, 4.69) is 44.6 Å². The standard InChI is InChI=1S/C21H23N5OS/c1-14-10-16(24-27-14)11-26(4)20-19-17(15-8-6-5-7-9-15)13-28-21(19)23-18(22-20)12-25(2)3/h5-10,13H,11-12H2,1-4H3. The van der Waals surface area contributed by atoms with Crippen LogP contribution in [-0.2, 0) is 13.1 Å². The van der Waals surface area contributed by atoms with Crippen molar-refractivity contribution in [1.29, 1.82) is 0 Å². The monoisotopic (exact) mass is 393 g/mol. The zero-order valence-electron chi connectivity index (χ0n) is 16.5. The summed E-state index contributed by atoms with van der Waals surface area (Å²) in [5.41, 5.74) is 3.22. The number of hydrogen-bond donors (Lipinski definition) is 0. The van der Waals surface area contributed by atoms with Crippen LogP contribution in [-0.4, -0.2) is 41.2 Å². The van der Waals surface area contributed by atoms with Crippen molar-refractivity contribution in [3.8, 4) is 11.1 Å². The smallest absolute Gasteiger partial charge is 0.146 e. The van der Waals surface area contributed by atoms with Crippen molar-refractivity contribution in [2.45, 2.75) is 20.0 Å². The molecule has 0 aliphatic carbocycles. The molecule has 28 heavy (non-hydrogen) atoms. The van der Waals surface area contributed by atoms with Crippen LogP contribution < -0.4 is 4.90 Å². The Morgan fingerprint density at radius 2 is 1.82 bits per heavy atom. The van der Waals surface area contributed by atoms with Gasteiger partial charge >= 0.3 is 0 Å². The molecule has 6 nitrogen and oxygen atoms in total. The van der Waals surface area contributed by atoms with E-state index in [4.69, 9.17) is 14.5 Å². The number of thiophene rings is 1. The van der Waals surface area contributed by atoms with Gasteiger partial charge in [-0.25, -0.2) is 9.97 Å². The normalized spacial score (nSPS) is 11.5. The number of aromatic nitrogens is 3. The number of nitrogens with zero attached hydrogens (tertiary/aromatic N) is 5. The summed E-state index contributed by atoms with van der Waals surface area (Å²) >= 11 is 1.66. The average Bonchev–Trinajstić information content (AvgIpc) is 3.27. The molecule has 4 aromatic rings. The first-order chi connectivity index (χ1) is 13.5. The summed E-state index contributed by atoms with van der Waals surface area (Å²) in [5.74, 6) is 2.55. The fourth-order valence-corrected chi connectivity index (χ4v) is 4.20. The lowest BCUT2D eigenvalue weighted by molar-refractivity contribution is 0.389. The average molecular weight is 394 g/mol. The number of hydrogen-bond acceptors (Lipinski definition) is 7. The van der Waals surface area contributed by atoms with Gasteiger partial charge in [-0.05, 0) is 26.6 Å². The molecular formula is C21H23N5OS. The van der Waals surface area contributed by atoms with E-state index in [0.717, 1.165) is 38.9 Å². The molecule has 0 bridgehead atoms. The Labute approximate surface area is 168 Å². The van der Waals surface area contributed by atoms with Gasteiger partial charge in [0.15, 0.2) is 0 Å². The van der Waals surface area contributed by atoms with E-state index in [1.54, 1.807) is 11.3 Å². The molecule has 144 valence electrons. The highest BCUT2D eigenvalue weighted by atomic mass is 32.1. The molecule has 0 fully saturated rings. The quantitative estimate of drug-likeness (QED) is 0.485. The lowest BCUT2D eigenvalue weighted by atomic mass is 10.1. The van der Waals surface area contributed by atoms with Crippen LogP contribution in [0.1, 0.15) is 17.3 Å². The van der Waals surface area contributed by atoms with Crippen molar-refractivity contribution in [2.24, 2.45) is 0 Å². The van der Waals surface area contributed by atoms with Crippen LogP contribution in [0.5, 0.6) is 0 Å². The SMILES string of the molecule is Cc1cc(CN(C)c2nc(CN(C)C)nc3scc(-c4ccccc4)c23)no1. The molecule has 0 aliphatic heterocycles. The van der Waals surface area contributed by atoms with Gasteiger partial charge in [-0.2, -0.15) is 0 Å². The lowest BCUT2D eigenvalue weighted by Crippen LogP contribution is -2.20. The van der Waals surface area contributed by atoms with Gasteiger partial charge in [0.25, 0.3) is 0 Å². The Morgan fingerprint density at radius 3 is 2.50 bits per heavy atom. The van der Waals surface area contributed by atoms with E-state index in [9.17, 15) is 0 Å². The van der Waals surface area contributed by atoms with Gasteiger partial charge in [-0.3, -0.25) is 0 Å². The van der Waals surface area contributed by atoms with Crippen LogP contribution in [0.25, 0.3) is 21.3 Å². The molecule has 7 heteroatoms. The zero-order valence-corrected chi connectivity index (χ0v) is 17.3. The Bertz CT molecular complexity index is 1090. The molecule has 3 aromatic heterocycles. The summed E-state index contributed by atoms with van der Waals surface area (Å²) < 4.78 is 5.23. The van der Waals surface area contributed by atoms with Crippen LogP contribution in [0.3, 0.4) is 0 Å². The summed E-state index contributed by atoms with van der Waals surface area (Å²) in [5, 5.41) is 7.39. The largest absolute Gasteiger partial charge is 0.361 e. The number of rotatable bonds is 6. The summed E-state index contributed by atoms with van der Waals surface area (Å²) in [7, 11) is 6.09. The van der Waals surface area contributed by atoms with Crippen molar-refractivity contribution >= 4 is 27.4 Å². The highest BCUT2D eigenvalue weighted by Crippen LogP contribution is 2.38. The van der Waals surface area contributed by atoms with Gasteiger partial charge in [0.1, 0.15) is 27.9 Å². The van der Waals surface area contributed by atoms with Gasteiger partial charge in [0.2, 0.25) is 0 Å².